The van der Waals surface area contributed by atoms with Crippen molar-refractivity contribution in [3.05, 3.63) is 35.1 Å². The van der Waals surface area contributed by atoms with Crippen LogP contribution in [0.2, 0.25) is 0 Å². The molecule has 2 aliphatic heterocycles. The summed E-state index contributed by atoms with van der Waals surface area (Å²) in [4.78, 5) is 27.3. The molecule has 2 atom stereocenters. The summed E-state index contributed by atoms with van der Waals surface area (Å²) in [7, 11) is 1.39. The molecule has 4 rings (SSSR count). The number of fused-ring (bicyclic) bond motifs is 1. The second kappa shape index (κ2) is 6.83. The van der Waals surface area contributed by atoms with Crippen LogP contribution in [-0.2, 0) is 9.53 Å². The highest BCUT2D eigenvalue weighted by atomic mass is 19.1. The fourth-order valence-corrected chi connectivity index (χ4v) is 5.81. The van der Waals surface area contributed by atoms with Crippen LogP contribution in [0.3, 0.4) is 0 Å². The van der Waals surface area contributed by atoms with Crippen molar-refractivity contribution < 1.29 is 18.7 Å². The number of hydrogen-bond acceptors (Lipinski definition) is 4. The van der Waals surface area contributed by atoms with Gasteiger partial charge in [0.1, 0.15) is 5.82 Å². The number of nitrogens with zero attached hydrogens (tertiary/aromatic N) is 1. The first-order valence-corrected chi connectivity index (χ1v) is 10.2. The van der Waals surface area contributed by atoms with Crippen molar-refractivity contribution in [3.8, 4) is 0 Å². The molecular weight excluding hydrogens is 359 g/mol. The van der Waals surface area contributed by atoms with E-state index in [0.29, 0.717) is 25.4 Å². The lowest BCUT2D eigenvalue weighted by Crippen LogP contribution is -2.57. The first-order chi connectivity index (χ1) is 13.3. The van der Waals surface area contributed by atoms with Crippen molar-refractivity contribution in [2.45, 2.75) is 39.0 Å². The fourth-order valence-electron chi connectivity index (χ4n) is 5.81. The molecule has 1 aromatic rings. The van der Waals surface area contributed by atoms with Gasteiger partial charge in [0.2, 0.25) is 0 Å². The SMILES string of the molecule is COC(=O)[C@@]12CN(C(=O)c3cc(C4CCNCC4)ccc3F)C[C@@H]1C(C)(C)C2. The van der Waals surface area contributed by atoms with E-state index in [9.17, 15) is 14.0 Å². The van der Waals surface area contributed by atoms with Crippen LogP contribution < -0.4 is 5.32 Å². The zero-order chi connectivity index (χ0) is 20.1. The lowest BCUT2D eigenvalue weighted by molar-refractivity contribution is -0.174. The van der Waals surface area contributed by atoms with E-state index >= 15 is 0 Å². The number of carbonyl (C=O) groups is 2. The van der Waals surface area contributed by atoms with Crippen LogP contribution in [0.15, 0.2) is 18.2 Å². The van der Waals surface area contributed by atoms with Crippen molar-refractivity contribution in [3.63, 3.8) is 0 Å². The topological polar surface area (TPSA) is 58.6 Å². The first-order valence-electron chi connectivity index (χ1n) is 10.2. The third-order valence-corrected chi connectivity index (χ3v) is 7.17. The molecule has 3 fully saturated rings. The van der Waals surface area contributed by atoms with Gasteiger partial charge in [-0.25, -0.2) is 4.39 Å². The van der Waals surface area contributed by atoms with Gasteiger partial charge in [-0.05, 0) is 67.3 Å². The average Bonchev–Trinajstić information content (AvgIpc) is 3.04. The third kappa shape index (κ3) is 2.93. The molecule has 1 N–H and O–H groups in total. The standard InChI is InChI=1S/C22H29FN2O3/c1-21(2)12-22(20(27)28-3)13-25(11-18(21)22)19(26)16-10-15(4-5-17(16)23)14-6-8-24-9-7-14/h4-5,10,14,18,24H,6-9,11-13H2,1-3H3/t18-,22+/m1/s1. The Hall–Kier alpha value is -1.95. The Kier molecular flexibility index (Phi) is 4.73. The molecule has 6 heteroatoms. The lowest BCUT2D eigenvalue weighted by Gasteiger charge is -2.54. The molecule has 0 bridgehead atoms. The molecule has 0 spiro atoms. The summed E-state index contributed by atoms with van der Waals surface area (Å²) in [6.07, 6.45) is 2.67. The Morgan fingerprint density at radius 2 is 1.96 bits per heavy atom. The Morgan fingerprint density at radius 1 is 1.25 bits per heavy atom. The molecule has 3 aliphatic rings. The van der Waals surface area contributed by atoms with E-state index in [-0.39, 0.29) is 28.8 Å². The van der Waals surface area contributed by atoms with Gasteiger partial charge >= 0.3 is 5.97 Å². The zero-order valence-electron chi connectivity index (χ0n) is 16.9. The maximum atomic E-state index is 14.6. The van der Waals surface area contributed by atoms with Gasteiger partial charge in [-0.3, -0.25) is 9.59 Å². The van der Waals surface area contributed by atoms with E-state index in [0.717, 1.165) is 31.5 Å². The predicted molar refractivity (Wildman–Crippen MR) is 103 cm³/mol. The summed E-state index contributed by atoms with van der Waals surface area (Å²) in [6, 6.07) is 4.94. The molecule has 2 heterocycles. The maximum absolute atomic E-state index is 14.6. The summed E-state index contributed by atoms with van der Waals surface area (Å²) in [5.74, 6) is -0.665. The van der Waals surface area contributed by atoms with Gasteiger partial charge in [0.05, 0.1) is 18.1 Å². The smallest absolute Gasteiger partial charge is 0.314 e. The predicted octanol–water partition coefficient (Wildman–Crippen LogP) is 2.95. The molecule has 1 aliphatic carbocycles. The number of likely N-dealkylation sites (tertiary alicyclic amines) is 1. The van der Waals surface area contributed by atoms with Gasteiger partial charge in [-0.1, -0.05) is 19.9 Å². The van der Waals surface area contributed by atoms with Gasteiger partial charge in [-0.2, -0.15) is 0 Å². The summed E-state index contributed by atoms with van der Waals surface area (Å²) < 4.78 is 19.6. The van der Waals surface area contributed by atoms with Gasteiger partial charge < -0.3 is 15.0 Å². The van der Waals surface area contributed by atoms with Gasteiger partial charge in [0.15, 0.2) is 0 Å². The van der Waals surface area contributed by atoms with Gasteiger partial charge in [0, 0.05) is 13.1 Å². The van der Waals surface area contributed by atoms with Gasteiger partial charge in [-0.15, -0.1) is 0 Å². The van der Waals surface area contributed by atoms with Crippen LogP contribution in [0.1, 0.15) is 54.9 Å². The number of esters is 1. The van der Waals surface area contributed by atoms with Crippen LogP contribution in [0.4, 0.5) is 4.39 Å². The monoisotopic (exact) mass is 388 g/mol. The molecule has 1 saturated carbocycles. The molecule has 0 radical (unpaired) electrons. The highest BCUT2D eigenvalue weighted by Crippen LogP contribution is 2.63. The number of rotatable bonds is 3. The largest absolute Gasteiger partial charge is 0.469 e. The molecule has 0 unspecified atom stereocenters. The van der Waals surface area contributed by atoms with Crippen molar-refractivity contribution in [1.82, 2.24) is 10.2 Å². The first kappa shape index (κ1) is 19.4. The van der Waals surface area contributed by atoms with Crippen molar-refractivity contribution in [1.29, 1.82) is 0 Å². The number of benzene rings is 1. The normalized spacial score (nSPS) is 29.1. The van der Waals surface area contributed by atoms with Crippen LogP contribution in [-0.4, -0.2) is 50.1 Å². The number of methoxy groups -OCH3 is 1. The minimum absolute atomic E-state index is 0.0291. The second-order valence-electron chi connectivity index (χ2n) is 9.31. The Labute approximate surface area is 165 Å². The van der Waals surface area contributed by atoms with Crippen LogP contribution in [0, 0.1) is 22.6 Å². The van der Waals surface area contributed by atoms with Crippen molar-refractivity contribution in [2.24, 2.45) is 16.7 Å². The summed E-state index contributed by atoms with van der Waals surface area (Å²) >= 11 is 0. The molecule has 28 heavy (non-hydrogen) atoms. The summed E-state index contributed by atoms with van der Waals surface area (Å²) in [6.45, 7) is 6.89. The Balaban J connectivity index is 1.59. The number of nitrogens with one attached hydrogen (secondary N) is 1. The molecule has 152 valence electrons. The zero-order valence-corrected chi connectivity index (χ0v) is 16.9. The Bertz CT molecular complexity index is 803. The summed E-state index contributed by atoms with van der Waals surface area (Å²) in [5, 5.41) is 3.33. The summed E-state index contributed by atoms with van der Waals surface area (Å²) in [5.41, 5.74) is 0.474. The van der Waals surface area contributed by atoms with Crippen molar-refractivity contribution >= 4 is 11.9 Å². The van der Waals surface area contributed by atoms with E-state index in [1.165, 1.54) is 13.2 Å². The average molecular weight is 388 g/mol. The third-order valence-electron chi connectivity index (χ3n) is 7.17. The van der Waals surface area contributed by atoms with Crippen LogP contribution >= 0.6 is 0 Å². The molecule has 5 nitrogen and oxygen atoms in total. The Morgan fingerprint density at radius 3 is 2.61 bits per heavy atom. The number of ether oxygens (including phenoxy) is 1. The number of piperidine rings is 1. The number of carbonyl (C=O) groups excluding carboxylic acids is 2. The second-order valence-corrected chi connectivity index (χ2v) is 9.31. The molecule has 2 saturated heterocycles. The number of halogens is 1. The minimum Gasteiger partial charge on any atom is -0.469 e. The van der Waals surface area contributed by atoms with E-state index in [4.69, 9.17) is 4.74 Å². The minimum atomic E-state index is -0.642. The van der Waals surface area contributed by atoms with E-state index in [2.05, 4.69) is 19.2 Å². The molecule has 1 amide bonds. The maximum Gasteiger partial charge on any atom is 0.314 e. The van der Waals surface area contributed by atoms with E-state index < -0.39 is 11.2 Å². The highest BCUT2D eigenvalue weighted by Gasteiger charge is 2.68. The number of amides is 1. The molecule has 1 aromatic carbocycles. The molecule has 0 aromatic heterocycles. The van der Waals surface area contributed by atoms with Crippen LogP contribution in [0.25, 0.3) is 0 Å². The lowest BCUT2D eigenvalue weighted by atomic mass is 9.48. The van der Waals surface area contributed by atoms with E-state index in [1.807, 2.05) is 0 Å². The fraction of sp³-hybridized carbons (Fsp3) is 0.636. The van der Waals surface area contributed by atoms with Crippen LogP contribution in [0.5, 0.6) is 0 Å². The highest BCUT2D eigenvalue weighted by molar-refractivity contribution is 5.96. The number of hydrogen-bond donors (Lipinski definition) is 1. The quantitative estimate of drug-likeness (QED) is 0.809. The molecular formula is C22H29FN2O3. The van der Waals surface area contributed by atoms with Crippen molar-refractivity contribution in [2.75, 3.05) is 33.3 Å². The van der Waals surface area contributed by atoms with Gasteiger partial charge in [0.25, 0.3) is 5.91 Å². The van der Waals surface area contributed by atoms with E-state index in [1.54, 1.807) is 17.0 Å².